The van der Waals surface area contributed by atoms with Crippen LogP contribution in [0.4, 0.5) is 5.82 Å². The van der Waals surface area contributed by atoms with Gasteiger partial charge in [0.25, 0.3) is 0 Å². The van der Waals surface area contributed by atoms with Crippen molar-refractivity contribution in [1.29, 1.82) is 0 Å². The molecule has 0 amide bonds. The molecule has 1 aliphatic carbocycles. The van der Waals surface area contributed by atoms with Crippen molar-refractivity contribution < 1.29 is 0 Å². The van der Waals surface area contributed by atoms with Gasteiger partial charge in [0.05, 0.1) is 11.7 Å². The second kappa shape index (κ2) is 3.46. The van der Waals surface area contributed by atoms with Crippen molar-refractivity contribution in [3.63, 3.8) is 0 Å². The Kier molecular flexibility index (Phi) is 2.02. The molecule has 1 aromatic rings. The molecule has 17 heavy (non-hydrogen) atoms. The minimum atomic E-state index is 0.557. The van der Waals surface area contributed by atoms with E-state index in [1.165, 1.54) is 24.1 Å². The standard InChI is InChI=1S/C12H19N5/c13-12-10-3-4-14-5-11(10)17(15-12)9-6-16(7-9)8-1-2-8/h8-9,14H,1-7H2,(H2,13,15). The molecule has 2 aliphatic heterocycles. The molecule has 0 atom stereocenters. The summed E-state index contributed by atoms with van der Waals surface area (Å²) >= 11 is 0. The van der Waals surface area contributed by atoms with Gasteiger partial charge >= 0.3 is 0 Å². The highest BCUT2D eigenvalue weighted by molar-refractivity contribution is 5.44. The maximum Gasteiger partial charge on any atom is 0.149 e. The van der Waals surface area contributed by atoms with Gasteiger partial charge in [-0.1, -0.05) is 0 Å². The molecule has 0 radical (unpaired) electrons. The lowest BCUT2D eigenvalue weighted by Gasteiger charge is -2.40. The average Bonchev–Trinajstić information content (AvgIpc) is 3.05. The zero-order chi connectivity index (χ0) is 11.4. The van der Waals surface area contributed by atoms with Crippen LogP contribution in [0.2, 0.25) is 0 Å². The van der Waals surface area contributed by atoms with Crippen molar-refractivity contribution in [3.05, 3.63) is 11.3 Å². The Bertz CT molecular complexity index is 442. The van der Waals surface area contributed by atoms with E-state index in [0.717, 1.165) is 44.5 Å². The van der Waals surface area contributed by atoms with Gasteiger partial charge in [-0.25, -0.2) is 0 Å². The molecule has 3 N–H and O–H groups in total. The van der Waals surface area contributed by atoms with Crippen molar-refractivity contribution in [2.45, 2.75) is 37.9 Å². The van der Waals surface area contributed by atoms with Crippen LogP contribution in [0.5, 0.6) is 0 Å². The number of hydrogen-bond acceptors (Lipinski definition) is 4. The summed E-state index contributed by atoms with van der Waals surface area (Å²) in [7, 11) is 0. The van der Waals surface area contributed by atoms with E-state index < -0.39 is 0 Å². The third kappa shape index (κ3) is 1.49. The summed E-state index contributed by atoms with van der Waals surface area (Å²) in [6.07, 6.45) is 3.82. The zero-order valence-electron chi connectivity index (χ0n) is 10.0. The minimum absolute atomic E-state index is 0.557. The molecular formula is C12H19N5. The highest BCUT2D eigenvalue weighted by Crippen LogP contribution is 2.36. The van der Waals surface area contributed by atoms with Gasteiger partial charge in [0.15, 0.2) is 0 Å². The monoisotopic (exact) mass is 233 g/mol. The molecule has 3 aliphatic rings. The van der Waals surface area contributed by atoms with Crippen LogP contribution in [0, 0.1) is 0 Å². The molecule has 2 fully saturated rings. The second-order valence-electron chi connectivity index (χ2n) is 5.52. The largest absolute Gasteiger partial charge is 0.382 e. The van der Waals surface area contributed by atoms with Gasteiger partial charge in [0.2, 0.25) is 0 Å². The quantitative estimate of drug-likeness (QED) is 0.762. The third-order valence-electron chi connectivity index (χ3n) is 4.29. The zero-order valence-corrected chi connectivity index (χ0v) is 10.0. The Hall–Kier alpha value is -1.07. The number of fused-ring (bicyclic) bond motifs is 1. The number of nitrogens with two attached hydrogens (primary N) is 1. The van der Waals surface area contributed by atoms with E-state index in [-0.39, 0.29) is 0 Å². The number of nitrogens with zero attached hydrogens (tertiary/aromatic N) is 3. The number of rotatable bonds is 2. The maximum absolute atomic E-state index is 6.01. The van der Waals surface area contributed by atoms with Crippen molar-refractivity contribution in [2.24, 2.45) is 0 Å². The van der Waals surface area contributed by atoms with E-state index in [4.69, 9.17) is 5.73 Å². The van der Waals surface area contributed by atoms with Crippen LogP contribution in [0.15, 0.2) is 0 Å². The van der Waals surface area contributed by atoms with Crippen molar-refractivity contribution in [2.75, 3.05) is 25.4 Å². The summed E-state index contributed by atoms with van der Waals surface area (Å²) in [4.78, 5) is 2.57. The van der Waals surface area contributed by atoms with Crippen LogP contribution >= 0.6 is 0 Å². The summed E-state index contributed by atoms with van der Waals surface area (Å²) in [5.41, 5.74) is 8.63. The summed E-state index contributed by atoms with van der Waals surface area (Å²) < 4.78 is 2.19. The summed E-state index contributed by atoms with van der Waals surface area (Å²) in [6, 6.07) is 1.44. The predicted molar refractivity (Wildman–Crippen MR) is 65.7 cm³/mol. The number of nitrogens with one attached hydrogen (secondary N) is 1. The summed E-state index contributed by atoms with van der Waals surface area (Å²) in [5.74, 6) is 0.756. The lowest BCUT2D eigenvalue weighted by Crippen LogP contribution is -2.49. The fraction of sp³-hybridized carbons (Fsp3) is 0.750. The van der Waals surface area contributed by atoms with Gasteiger partial charge in [-0.15, -0.1) is 0 Å². The van der Waals surface area contributed by atoms with Gasteiger partial charge in [-0.05, 0) is 25.8 Å². The SMILES string of the molecule is Nc1nn(C2CN(C3CC3)C2)c2c1CCNC2. The molecule has 92 valence electrons. The van der Waals surface area contributed by atoms with Crippen LogP contribution < -0.4 is 11.1 Å². The summed E-state index contributed by atoms with van der Waals surface area (Å²) in [6.45, 7) is 4.29. The molecule has 0 unspecified atom stereocenters. The molecule has 5 nitrogen and oxygen atoms in total. The minimum Gasteiger partial charge on any atom is -0.382 e. The van der Waals surface area contributed by atoms with Gasteiger partial charge in [0.1, 0.15) is 5.82 Å². The lowest BCUT2D eigenvalue weighted by molar-refractivity contribution is 0.0880. The molecule has 1 aromatic heterocycles. The first-order valence-corrected chi connectivity index (χ1v) is 6.63. The van der Waals surface area contributed by atoms with Gasteiger partial charge < -0.3 is 11.1 Å². The number of likely N-dealkylation sites (tertiary alicyclic amines) is 1. The van der Waals surface area contributed by atoms with Crippen molar-refractivity contribution >= 4 is 5.82 Å². The number of hydrogen-bond donors (Lipinski definition) is 2. The van der Waals surface area contributed by atoms with Crippen LogP contribution in [-0.2, 0) is 13.0 Å². The van der Waals surface area contributed by atoms with Crippen LogP contribution in [0.3, 0.4) is 0 Å². The Labute approximate surface area is 101 Å². The van der Waals surface area contributed by atoms with E-state index in [0.29, 0.717) is 6.04 Å². The van der Waals surface area contributed by atoms with Gasteiger partial charge in [0, 0.05) is 31.2 Å². The molecule has 0 bridgehead atoms. The molecule has 1 saturated heterocycles. The smallest absolute Gasteiger partial charge is 0.149 e. The summed E-state index contributed by atoms with van der Waals surface area (Å²) in [5, 5.41) is 7.97. The Morgan fingerprint density at radius 3 is 2.82 bits per heavy atom. The Morgan fingerprint density at radius 1 is 1.24 bits per heavy atom. The average molecular weight is 233 g/mol. The molecule has 0 aromatic carbocycles. The van der Waals surface area contributed by atoms with Gasteiger partial charge in [-0.2, -0.15) is 5.10 Å². The van der Waals surface area contributed by atoms with Gasteiger partial charge in [-0.3, -0.25) is 9.58 Å². The fourth-order valence-corrected chi connectivity index (χ4v) is 3.09. The van der Waals surface area contributed by atoms with Crippen molar-refractivity contribution in [3.8, 4) is 0 Å². The van der Waals surface area contributed by atoms with E-state index in [1.807, 2.05) is 0 Å². The van der Waals surface area contributed by atoms with E-state index >= 15 is 0 Å². The van der Waals surface area contributed by atoms with E-state index in [1.54, 1.807) is 0 Å². The first-order chi connectivity index (χ1) is 8.33. The van der Waals surface area contributed by atoms with Crippen LogP contribution in [-0.4, -0.2) is 40.4 Å². The molecule has 3 heterocycles. The predicted octanol–water partition coefficient (Wildman–Crippen LogP) is 0.130. The Balaban J connectivity index is 1.57. The maximum atomic E-state index is 6.01. The molecule has 5 heteroatoms. The normalized spacial score (nSPS) is 25.6. The number of anilines is 1. The molecular weight excluding hydrogens is 214 g/mol. The fourth-order valence-electron chi connectivity index (χ4n) is 3.09. The van der Waals surface area contributed by atoms with Crippen molar-refractivity contribution in [1.82, 2.24) is 20.0 Å². The highest BCUT2D eigenvalue weighted by atomic mass is 15.4. The number of nitrogen functional groups attached to an aromatic ring is 1. The first kappa shape index (κ1) is 9.91. The molecule has 1 saturated carbocycles. The number of aromatic nitrogens is 2. The van der Waals surface area contributed by atoms with E-state index in [2.05, 4.69) is 20.0 Å². The second-order valence-corrected chi connectivity index (χ2v) is 5.52. The molecule has 0 spiro atoms. The van der Waals surface area contributed by atoms with E-state index in [9.17, 15) is 0 Å². The first-order valence-electron chi connectivity index (χ1n) is 6.63. The molecule has 4 rings (SSSR count). The van der Waals surface area contributed by atoms with Crippen LogP contribution in [0.25, 0.3) is 0 Å². The lowest BCUT2D eigenvalue weighted by atomic mass is 10.1. The topological polar surface area (TPSA) is 59.1 Å². The highest BCUT2D eigenvalue weighted by Gasteiger charge is 2.40. The Morgan fingerprint density at radius 2 is 2.06 bits per heavy atom. The third-order valence-corrected chi connectivity index (χ3v) is 4.29. The van der Waals surface area contributed by atoms with Crippen LogP contribution in [0.1, 0.15) is 30.1 Å².